The normalized spacial score (nSPS) is 18.4. The van der Waals surface area contributed by atoms with Crippen LogP contribution in [-0.4, -0.2) is 36.3 Å². The number of anilines is 2. The van der Waals surface area contributed by atoms with Crippen LogP contribution in [0, 0.1) is 12.8 Å². The van der Waals surface area contributed by atoms with Crippen LogP contribution in [0.15, 0.2) is 35.4 Å². The van der Waals surface area contributed by atoms with Crippen LogP contribution in [0.5, 0.6) is 0 Å². The molecule has 0 saturated carbocycles. The van der Waals surface area contributed by atoms with Crippen molar-refractivity contribution < 1.29 is 13.2 Å². The van der Waals surface area contributed by atoms with E-state index in [0.717, 1.165) is 18.4 Å². The fraction of sp³-hybridized carbons (Fsp3) is 0.421. The zero-order valence-corrected chi connectivity index (χ0v) is 16.7. The number of rotatable bonds is 4. The van der Waals surface area contributed by atoms with Crippen LogP contribution in [0.4, 0.5) is 11.4 Å². The van der Waals surface area contributed by atoms with Gasteiger partial charge < -0.3 is 15.6 Å². The van der Waals surface area contributed by atoms with Gasteiger partial charge in [-0.2, -0.15) is 4.31 Å². The van der Waals surface area contributed by atoms with Gasteiger partial charge in [0.05, 0.1) is 0 Å². The fourth-order valence-electron chi connectivity index (χ4n) is 3.38. The molecule has 0 spiro atoms. The molecule has 27 heavy (non-hydrogen) atoms. The highest BCUT2D eigenvalue weighted by Crippen LogP contribution is 2.25. The minimum atomic E-state index is -3.61. The van der Waals surface area contributed by atoms with Gasteiger partial charge in [-0.25, -0.2) is 8.42 Å². The van der Waals surface area contributed by atoms with Gasteiger partial charge in [0.1, 0.15) is 10.6 Å². The van der Waals surface area contributed by atoms with E-state index < -0.39 is 10.0 Å². The van der Waals surface area contributed by atoms with Gasteiger partial charge in [0, 0.05) is 37.7 Å². The first kappa shape index (κ1) is 19.4. The van der Waals surface area contributed by atoms with E-state index in [1.165, 1.54) is 21.1 Å². The van der Waals surface area contributed by atoms with Gasteiger partial charge >= 0.3 is 0 Å². The quantitative estimate of drug-likeness (QED) is 0.784. The Labute approximate surface area is 160 Å². The van der Waals surface area contributed by atoms with E-state index in [1.54, 1.807) is 19.2 Å². The van der Waals surface area contributed by atoms with Crippen LogP contribution in [-0.2, 0) is 17.1 Å². The number of carbonyl (C=O) groups excluding carboxylic acids is 1. The third-order valence-electron chi connectivity index (χ3n) is 4.98. The standard InChI is InChI=1S/C19H26N4O3S/c1-13-5-4-8-23(11-13)27(25,26)16-10-18(22(3)12-16)19(24)21-17-9-15(20)7-6-14(17)2/h6-7,9-10,12-13H,4-5,8,11,20H2,1-3H3,(H,21,24). The number of carbonyl (C=O) groups is 1. The number of aryl methyl sites for hydroxylation is 2. The zero-order chi connectivity index (χ0) is 19.8. The van der Waals surface area contributed by atoms with E-state index in [1.807, 2.05) is 13.0 Å². The molecule has 1 unspecified atom stereocenters. The highest BCUT2D eigenvalue weighted by molar-refractivity contribution is 7.89. The second-order valence-corrected chi connectivity index (χ2v) is 9.25. The van der Waals surface area contributed by atoms with Gasteiger partial charge in [0.25, 0.3) is 5.91 Å². The van der Waals surface area contributed by atoms with Crippen molar-refractivity contribution in [2.45, 2.75) is 31.6 Å². The van der Waals surface area contributed by atoms with E-state index in [0.29, 0.717) is 30.4 Å². The molecular formula is C19H26N4O3S. The highest BCUT2D eigenvalue weighted by Gasteiger charge is 2.30. The Bertz CT molecular complexity index is 965. The van der Waals surface area contributed by atoms with Gasteiger partial charge in [-0.05, 0) is 49.4 Å². The second-order valence-electron chi connectivity index (χ2n) is 7.31. The summed E-state index contributed by atoms with van der Waals surface area (Å²) in [5.41, 5.74) is 8.09. The van der Waals surface area contributed by atoms with Crippen molar-refractivity contribution in [2.24, 2.45) is 13.0 Å². The molecule has 1 aromatic carbocycles. The molecule has 1 atom stereocenters. The summed E-state index contributed by atoms with van der Waals surface area (Å²) < 4.78 is 28.9. The van der Waals surface area contributed by atoms with Crippen LogP contribution in [0.1, 0.15) is 35.8 Å². The van der Waals surface area contributed by atoms with Gasteiger partial charge in [0.15, 0.2) is 0 Å². The van der Waals surface area contributed by atoms with Crippen molar-refractivity contribution in [1.29, 1.82) is 0 Å². The third kappa shape index (κ3) is 4.01. The Hall–Kier alpha value is -2.32. The minimum absolute atomic E-state index is 0.147. The first-order valence-electron chi connectivity index (χ1n) is 9.02. The largest absolute Gasteiger partial charge is 0.399 e. The fourth-order valence-corrected chi connectivity index (χ4v) is 5.05. The van der Waals surface area contributed by atoms with Crippen molar-refractivity contribution in [2.75, 3.05) is 24.1 Å². The summed E-state index contributed by atoms with van der Waals surface area (Å²) in [6.45, 7) is 4.96. The molecular weight excluding hydrogens is 364 g/mol. The van der Waals surface area contributed by atoms with Gasteiger partial charge in [0.2, 0.25) is 10.0 Å². The number of benzene rings is 1. The zero-order valence-electron chi connectivity index (χ0n) is 15.9. The van der Waals surface area contributed by atoms with Gasteiger partial charge in [-0.1, -0.05) is 13.0 Å². The predicted molar refractivity (Wildman–Crippen MR) is 106 cm³/mol. The van der Waals surface area contributed by atoms with Crippen molar-refractivity contribution in [3.63, 3.8) is 0 Å². The molecule has 146 valence electrons. The van der Waals surface area contributed by atoms with E-state index in [2.05, 4.69) is 12.2 Å². The number of amides is 1. The summed E-state index contributed by atoms with van der Waals surface area (Å²) in [5.74, 6) is -0.0359. The molecule has 1 aromatic heterocycles. The van der Waals surface area contributed by atoms with Crippen molar-refractivity contribution in [3.8, 4) is 0 Å². The Morgan fingerprint density at radius 3 is 2.74 bits per heavy atom. The SMILES string of the molecule is Cc1ccc(N)cc1NC(=O)c1cc(S(=O)(=O)N2CCCC(C)C2)cn1C. The summed E-state index contributed by atoms with van der Waals surface area (Å²) in [7, 11) is -1.94. The number of nitrogens with zero attached hydrogens (tertiary/aromatic N) is 2. The lowest BCUT2D eigenvalue weighted by molar-refractivity contribution is 0.101. The minimum Gasteiger partial charge on any atom is -0.399 e. The number of nitrogens with one attached hydrogen (secondary N) is 1. The second kappa shape index (κ2) is 7.36. The number of sulfonamides is 1. The maximum Gasteiger partial charge on any atom is 0.272 e. The molecule has 1 fully saturated rings. The first-order chi connectivity index (χ1) is 12.7. The molecule has 0 bridgehead atoms. The molecule has 2 heterocycles. The molecule has 3 N–H and O–H groups in total. The number of nitrogens with two attached hydrogens (primary N) is 1. The average molecular weight is 391 g/mol. The third-order valence-corrected chi connectivity index (χ3v) is 6.81. The Morgan fingerprint density at radius 2 is 2.04 bits per heavy atom. The number of nitrogen functional groups attached to an aromatic ring is 1. The Balaban J connectivity index is 1.85. The monoisotopic (exact) mass is 390 g/mol. The molecule has 0 aliphatic carbocycles. The van der Waals surface area contributed by atoms with E-state index in [9.17, 15) is 13.2 Å². The number of piperidine rings is 1. The molecule has 1 aliphatic heterocycles. The maximum atomic E-state index is 12.9. The smallest absolute Gasteiger partial charge is 0.272 e. The molecule has 1 aliphatic rings. The lowest BCUT2D eigenvalue weighted by Gasteiger charge is -2.29. The lowest BCUT2D eigenvalue weighted by atomic mass is 10.0. The van der Waals surface area contributed by atoms with Crippen molar-refractivity contribution in [1.82, 2.24) is 8.87 Å². The summed E-state index contributed by atoms with van der Waals surface area (Å²) in [4.78, 5) is 12.8. The predicted octanol–water partition coefficient (Wildman–Crippen LogP) is 2.59. The molecule has 2 aromatic rings. The summed E-state index contributed by atoms with van der Waals surface area (Å²) >= 11 is 0. The molecule has 1 amide bonds. The van der Waals surface area contributed by atoms with E-state index in [4.69, 9.17) is 5.73 Å². The van der Waals surface area contributed by atoms with Crippen LogP contribution >= 0.6 is 0 Å². The van der Waals surface area contributed by atoms with E-state index >= 15 is 0 Å². The van der Waals surface area contributed by atoms with Crippen LogP contribution in [0.2, 0.25) is 0 Å². The highest BCUT2D eigenvalue weighted by atomic mass is 32.2. The Morgan fingerprint density at radius 1 is 1.30 bits per heavy atom. The molecule has 0 radical (unpaired) electrons. The molecule has 3 rings (SSSR count). The number of aromatic nitrogens is 1. The topological polar surface area (TPSA) is 97.4 Å². The number of hydrogen-bond acceptors (Lipinski definition) is 4. The lowest BCUT2D eigenvalue weighted by Crippen LogP contribution is -2.38. The van der Waals surface area contributed by atoms with Crippen LogP contribution in [0.25, 0.3) is 0 Å². The Kier molecular flexibility index (Phi) is 5.30. The van der Waals surface area contributed by atoms with Gasteiger partial charge in [-0.15, -0.1) is 0 Å². The first-order valence-corrected chi connectivity index (χ1v) is 10.5. The molecule has 1 saturated heterocycles. The van der Waals surface area contributed by atoms with Crippen LogP contribution in [0.3, 0.4) is 0 Å². The number of hydrogen-bond donors (Lipinski definition) is 2. The van der Waals surface area contributed by atoms with Crippen LogP contribution < -0.4 is 11.1 Å². The average Bonchev–Trinajstić information content (AvgIpc) is 3.01. The molecule has 8 heteroatoms. The summed E-state index contributed by atoms with van der Waals surface area (Å²) in [6, 6.07) is 6.70. The summed E-state index contributed by atoms with van der Waals surface area (Å²) in [6.07, 6.45) is 3.39. The van der Waals surface area contributed by atoms with Gasteiger partial charge in [-0.3, -0.25) is 4.79 Å². The van der Waals surface area contributed by atoms with Crippen molar-refractivity contribution in [3.05, 3.63) is 41.7 Å². The molecule has 7 nitrogen and oxygen atoms in total. The van der Waals surface area contributed by atoms with Crippen molar-refractivity contribution >= 4 is 27.3 Å². The maximum absolute atomic E-state index is 12.9. The summed E-state index contributed by atoms with van der Waals surface area (Å²) in [5, 5.41) is 2.81. The van der Waals surface area contributed by atoms with E-state index in [-0.39, 0.29) is 16.5 Å².